The molecule has 1 aromatic rings. The first-order valence-electron chi connectivity index (χ1n) is 12.1. The van der Waals surface area contributed by atoms with Crippen molar-refractivity contribution in [1.29, 1.82) is 0 Å². The maximum absolute atomic E-state index is 11.7. The smallest absolute Gasteiger partial charge is 0.220 e. The molecular weight excluding hydrogens is 386 g/mol. The number of hydrogen-bond donors (Lipinski definition) is 2. The lowest BCUT2D eigenvalue weighted by Gasteiger charge is -2.34. The molecule has 1 amide bonds. The molecule has 6 heteroatoms. The van der Waals surface area contributed by atoms with Crippen LogP contribution in [-0.4, -0.2) is 61.4 Å². The van der Waals surface area contributed by atoms with Gasteiger partial charge < -0.3 is 15.5 Å². The SMILES string of the molecule is CCNC(=NCc1cccc(CN2CCC(C)CC2)c1)N1CCC(CC(=O)NC)CC1. The van der Waals surface area contributed by atoms with Crippen molar-refractivity contribution in [3.05, 3.63) is 35.4 Å². The number of rotatable bonds is 7. The lowest BCUT2D eigenvalue weighted by molar-refractivity contribution is -0.121. The van der Waals surface area contributed by atoms with E-state index >= 15 is 0 Å². The Morgan fingerprint density at radius 3 is 2.48 bits per heavy atom. The highest BCUT2D eigenvalue weighted by Gasteiger charge is 2.23. The summed E-state index contributed by atoms with van der Waals surface area (Å²) in [5.74, 6) is 2.50. The van der Waals surface area contributed by atoms with Crippen molar-refractivity contribution >= 4 is 11.9 Å². The van der Waals surface area contributed by atoms with Crippen molar-refractivity contribution in [3.8, 4) is 0 Å². The third-order valence-corrected chi connectivity index (χ3v) is 6.69. The van der Waals surface area contributed by atoms with Gasteiger partial charge in [0.1, 0.15) is 0 Å². The minimum atomic E-state index is 0.151. The fourth-order valence-corrected chi connectivity index (χ4v) is 4.61. The van der Waals surface area contributed by atoms with Gasteiger partial charge in [0.05, 0.1) is 6.54 Å². The van der Waals surface area contributed by atoms with Crippen molar-refractivity contribution in [2.75, 3.05) is 39.8 Å². The monoisotopic (exact) mass is 427 g/mol. The maximum Gasteiger partial charge on any atom is 0.220 e. The van der Waals surface area contributed by atoms with E-state index in [0.717, 1.165) is 50.9 Å². The number of amides is 1. The van der Waals surface area contributed by atoms with Crippen molar-refractivity contribution in [1.82, 2.24) is 20.4 Å². The Labute approximate surface area is 188 Å². The molecule has 2 saturated heterocycles. The second kappa shape index (κ2) is 12.1. The molecular formula is C25H41N5O. The van der Waals surface area contributed by atoms with Gasteiger partial charge >= 0.3 is 0 Å². The molecule has 1 aromatic carbocycles. The fourth-order valence-electron chi connectivity index (χ4n) is 4.61. The Hall–Kier alpha value is -2.08. The van der Waals surface area contributed by atoms with E-state index in [1.807, 2.05) is 0 Å². The van der Waals surface area contributed by atoms with E-state index in [2.05, 4.69) is 58.5 Å². The summed E-state index contributed by atoms with van der Waals surface area (Å²) in [4.78, 5) is 21.5. The first-order chi connectivity index (χ1) is 15.1. The first-order valence-corrected chi connectivity index (χ1v) is 12.1. The van der Waals surface area contributed by atoms with Gasteiger partial charge in [0.2, 0.25) is 5.91 Å². The van der Waals surface area contributed by atoms with Gasteiger partial charge in [0.25, 0.3) is 0 Å². The molecule has 2 aliphatic heterocycles. The Morgan fingerprint density at radius 2 is 1.81 bits per heavy atom. The molecule has 0 aliphatic carbocycles. The molecule has 2 heterocycles. The van der Waals surface area contributed by atoms with Crippen molar-refractivity contribution in [3.63, 3.8) is 0 Å². The summed E-state index contributed by atoms with van der Waals surface area (Å²) in [7, 11) is 1.72. The largest absolute Gasteiger partial charge is 0.359 e. The number of nitrogens with zero attached hydrogens (tertiary/aromatic N) is 3. The highest BCUT2D eigenvalue weighted by Crippen LogP contribution is 2.21. The van der Waals surface area contributed by atoms with E-state index in [1.165, 1.54) is 37.1 Å². The molecule has 31 heavy (non-hydrogen) atoms. The molecule has 0 saturated carbocycles. The summed E-state index contributed by atoms with van der Waals surface area (Å²) in [6.45, 7) is 11.4. The lowest BCUT2D eigenvalue weighted by Crippen LogP contribution is -2.46. The van der Waals surface area contributed by atoms with Crippen LogP contribution in [0.2, 0.25) is 0 Å². The summed E-state index contributed by atoms with van der Waals surface area (Å²) in [6.07, 6.45) is 5.36. The number of benzene rings is 1. The van der Waals surface area contributed by atoms with Gasteiger partial charge in [-0.25, -0.2) is 4.99 Å². The molecule has 2 aliphatic rings. The minimum Gasteiger partial charge on any atom is -0.359 e. The van der Waals surface area contributed by atoms with Gasteiger partial charge in [-0.3, -0.25) is 9.69 Å². The van der Waals surface area contributed by atoms with E-state index in [4.69, 9.17) is 4.99 Å². The molecule has 2 fully saturated rings. The second-order valence-electron chi connectivity index (χ2n) is 9.26. The zero-order valence-corrected chi connectivity index (χ0v) is 19.7. The molecule has 0 aromatic heterocycles. The van der Waals surface area contributed by atoms with Gasteiger partial charge in [-0.05, 0) is 68.7 Å². The minimum absolute atomic E-state index is 0.151. The first kappa shape index (κ1) is 23.6. The number of carbonyl (C=O) groups is 1. The molecule has 0 atom stereocenters. The number of hydrogen-bond acceptors (Lipinski definition) is 3. The molecule has 172 valence electrons. The Balaban J connectivity index is 1.55. The van der Waals surface area contributed by atoms with Gasteiger partial charge in [-0.1, -0.05) is 31.2 Å². The van der Waals surface area contributed by atoms with Crippen LogP contribution in [0.4, 0.5) is 0 Å². The zero-order valence-electron chi connectivity index (χ0n) is 19.7. The van der Waals surface area contributed by atoms with E-state index in [1.54, 1.807) is 7.05 Å². The van der Waals surface area contributed by atoms with Crippen molar-refractivity contribution in [2.45, 2.75) is 59.0 Å². The molecule has 6 nitrogen and oxygen atoms in total. The number of nitrogens with one attached hydrogen (secondary N) is 2. The number of aliphatic imine (C=N–C) groups is 1. The van der Waals surface area contributed by atoms with Gasteiger partial charge in [0, 0.05) is 39.6 Å². The summed E-state index contributed by atoms with van der Waals surface area (Å²) >= 11 is 0. The predicted octanol–water partition coefficient (Wildman–Crippen LogP) is 3.23. The van der Waals surface area contributed by atoms with Crippen LogP contribution in [0.15, 0.2) is 29.3 Å². The van der Waals surface area contributed by atoms with Crippen molar-refractivity contribution < 1.29 is 4.79 Å². The van der Waals surface area contributed by atoms with E-state index in [9.17, 15) is 4.79 Å². The molecule has 0 spiro atoms. The van der Waals surface area contributed by atoms with Gasteiger partial charge in [-0.15, -0.1) is 0 Å². The third-order valence-electron chi connectivity index (χ3n) is 6.69. The molecule has 0 bridgehead atoms. The van der Waals surface area contributed by atoms with Crippen LogP contribution in [0.25, 0.3) is 0 Å². The Kier molecular flexibility index (Phi) is 9.19. The average Bonchev–Trinajstić information content (AvgIpc) is 2.79. The lowest BCUT2D eigenvalue weighted by atomic mass is 9.93. The number of piperidine rings is 2. The summed E-state index contributed by atoms with van der Waals surface area (Å²) in [5, 5.41) is 6.21. The number of guanidine groups is 1. The standard InChI is InChI=1S/C25H41N5O/c1-4-27-25(30-14-10-21(11-15-30)17-24(31)26-3)28-18-22-6-5-7-23(16-22)19-29-12-8-20(2)9-13-29/h5-7,16,20-21H,4,8-15,17-19H2,1-3H3,(H,26,31)(H,27,28). The molecule has 0 unspecified atom stereocenters. The molecule has 0 radical (unpaired) electrons. The zero-order chi connectivity index (χ0) is 22.1. The van der Waals surface area contributed by atoms with E-state index in [0.29, 0.717) is 18.9 Å². The third kappa shape index (κ3) is 7.53. The highest BCUT2D eigenvalue weighted by molar-refractivity contribution is 5.80. The molecule has 3 rings (SSSR count). The summed E-state index contributed by atoms with van der Waals surface area (Å²) in [6, 6.07) is 8.92. The number of likely N-dealkylation sites (tertiary alicyclic amines) is 2. The normalized spacial score (nSPS) is 19.5. The van der Waals surface area contributed by atoms with Gasteiger partial charge in [0.15, 0.2) is 5.96 Å². The van der Waals surface area contributed by atoms with Crippen LogP contribution in [0.3, 0.4) is 0 Å². The Bertz CT molecular complexity index is 718. The van der Waals surface area contributed by atoms with Crippen LogP contribution >= 0.6 is 0 Å². The summed E-state index contributed by atoms with van der Waals surface area (Å²) in [5.41, 5.74) is 2.66. The van der Waals surface area contributed by atoms with Crippen LogP contribution in [0.5, 0.6) is 0 Å². The Morgan fingerprint density at radius 1 is 1.10 bits per heavy atom. The van der Waals surface area contributed by atoms with E-state index < -0.39 is 0 Å². The van der Waals surface area contributed by atoms with Crippen LogP contribution in [0, 0.1) is 11.8 Å². The van der Waals surface area contributed by atoms with E-state index in [-0.39, 0.29) is 5.91 Å². The predicted molar refractivity (Wildman–Crippen MR) is 128 cm³/mol. The highest BCUT2D eigenvalue weighted by atomic mass is 16.1. The van der Waals surface area contributed by atoms with Crippen LogP contribution in [-0.2, 0) is 17.9 Å². The maximum atomic E-state index is 11.7. The van der Waals surface area contributed by atoms with Gasteiger partial charge in [-0.2, -0.15) is 0 Å². The van der Waals surface area contributed by atoms with Crippen LogP contribution in [0.1, 0.15) is 57.1 Å². The topological polar surface area (TPSA) is 60.0 Å². The fraction of sp³-hybridized carbons (Fsp3) is 0.680. The molecule has 2 N–H and O–H groups in total. The average molecular weight is 428 g/mol. The number of carbonyl (C=O) groups excluding carboxylic acids is 1. The second-order valence-corrected chi connectivity index (χ2v) is 9.26. The van der Waals surface area contributed by atoms with Crippen molar-refractivity contribution in [2.24, 2.45) is 16.8 Å². The van der Waals surface area contributed by atoms with Crippen LogP contribution < -0.4 is 10.6 Å². The quantitative estimate of drug-likeness (QED) is 0.518. The summed E-state index contributed by atoms with van der Waals surface area (Å²) < 4.78 is 0.